The van der Waals surface area contributed by atoms with Gasteiger partial charge in [0.1, 0.15) is 0 Å². The molecule has 0 unspecified atom stereocenters. The minimum Gasteiger partial charge on any atom is -0.385 e. The summed E-state index contributed by atoms with van der Waals surface area (Å²) in [6.45, 7) is 9.66. The van der Waals surface area contributed by atoms with Crippen molar-refractivity contribution in [1.29, 1.82) is 0 Å². The molecular weight excluding hydrogens is 172 g/mol. The molecule has 0 bridgehead atoms. The lowest BCUT2D eigenvalue weighted by atomic mass is 9.81. The molecule has 1 aromatic rings. The van der Waals surface area contributed by atoms with Crippen LogP contribution in [0.3, 0.4) is 0 Å². The normalized spacial score (nSPS) is 17.1. The van der Waals surface area contributed by atoms with Crippen LogP contribution in [0.5, 0.6) is 0 Å². The van der Waals surface area contributed by atoms with Gasteiger partial charge in [-0.1, -0.05) is 49.4 Å². The topological polar surface area (TPSA) is 20.2 Å². The summed E-state index contributed by atoms with van der Waals surface area (Å²) in [4.78, 5) is 0. The molecule has 0 heterocycles. The van der Waals surface area contributed by atoms with E-state index in [1.165, 1.54) is 0 Å². The average Bonchev–Trinajstić information content (AvgIpc) is 2.18. The summed E-state index contributed by atoms with van der Waals surface area (Å²) in [5.41, 5.74) is 1.11. The Bertz CT molecular complexity index is 311. The van der Waals surface area contributed by atoms with Gasteiger partial charge in [-0.25, -0.2) is 0 Å². The molecule has 76 valence electrons. The quantitative estimate of drug-likeness (QED) is 0.726. The van der Waals surface area contributed by atoms with Gasteiger partial charge in [0.15, 0.2) is 0 Å². The van der Waals surface area contributed by atoms with Crippen molar-refractivity contribution in [3.05, 3.63) is 48.0 Å². The van der Waals surface area contributed by atoms with Gasteiger partial charge in [-0.15, -0.1) is 0 Å². The third-order valence-electron chi connectivity index (χ3n) is 2.94. The summed E-state index contributed by atoms with van der Waals surface area (Å²) < 4.78 is 0. The lowest BCUT2D eigenvalue weighted by Crippen LogP contribution is -2.30. The van der Waals surface area contributed by atoms with Crippen LogP contribution in [-0.2, 0) is 5.60 Å². The van der Waals surface area contributed by atoms with Gasteiger partial charge < -0.3 is 5.11 Å². The van der Waals surface area contributed by atoms with Gasteiger partial charge in [-0.3, -0.25) is 0 Å². The van der Waals surface area contributed by atoms with Gasteiger partial charge in [-0.2, -0.15) is 0 Å². The van der Waals surface area contributed by atoms with Crippen molar-refractivity contribution in [3.63, 3.8) is 0 Å². The molecule has 0 fully saturated rings. The smallest absolute Gasteiger partial charge is 0.0930 e. The van der Waals surface area contributed by atoms with Crippen LogP contribution in [0.4, 0.5) is 0 Å². The fourth-order valence-corrected chi connectivity index (χ4v) is 1.51. The van der Waals surface area contributed by atoms with Crippen molar-refractivity contribution in [2.75, 3.05) is 0 Å². The Kier molecular flexibility index (Phi) is 3.12. The summed E-state index contributed by atoms with van der Waals surface area (Å²) in [6, 6.07) is 9.72. The molecule has 0 aliphatic rings. The fourth-order valence-electron chi connectivity index (χ4n) is 1.51. The average molecular weight is 190 g/mol. The van der Waals surface area contributed by atoms with Gasteiger partial charge in [-0.05, 0) is 19.4 Å². The summed E-state index contributed by atoms with van der Waals surface area (Å²) in [5, 5.41) is 10.4. The molecule has 0 radical (unpaired) electrons. The number of rotatable bonds is 3. The van der Waals surface area contributed by atoms with Crippen LogP contribution in [0.2, 0.25) is 0 Å². The first-order valence-electron chi connectivity index (χ1n) is 4.89. The minimum absolute atomic E-state index is 0.0601. The summed E-state index contributed by atoms with van der Waals surface area (Å²) in [6.07, 6.45) is 0. The number of aliphatic hydroxyl groups is 1. The maximum atomic E-state index is 10.4. The van der Waals surface area contributed by atoms with Gasteiger partial charge in [0, 0.05) is 5.92 Å². The predicted molar refractivity (Wildman–Crippen MR) is 60.0 cm³/mol. The second kappa shape index (κ2) is 3.97. The maximum absolute atomic E-state index is 10.4. The lowest BCUT2D eigenvalue weighted by Gasteiger charge is -2.31. The van der Waals surface area contributed by atoms with E-state index >= 15 is 0 Å². The predicted octanol–water partition coefficient (Wildman–Crippen LogP) is 3.11. The van der Waals surface area contributed by atoms with Gasteiger partial charge >= 0.3 is 0 Å². The molecule has 0 aliphatic carbocycles. The highest BCUT2D eigenvalue weighted by molar-refractivity contribution is 5.24. The van der Waals surface area contributed by atoms with Gasteiger partial charge in [0.05, 0.1) is 5.60 Å². The van der Waals surface area contributed by atoms with Crippen molar-refractivity contribution in [3.8, 4) is 0 Å². The molecular formula is C13H18O. The van der Waals surface area contributed by atoms with Crippen molar-refractivity contribution in [1.82, 2.24) is 0 Å². The standard InChI is InChI=1S/C13H18O/c1-10(2)11(3)13(4,14)12-8-6-5-7-9-12/h5-9,11,14H,1H2,2-4H3/t11-,13-/m0/s1. The second-order valence-electron chi connectivity index (χ2n) is 4.08. The van der Waals surface area contributed by atoms with E-state index in [0.29, 0.717) is 0 Å². The molecule has 0 aromatic heterocycles. The number of benzene rings is 1. The number of hydrogen-bond acceptors (Lipinski definition) is 1. The van der Waals surface area contributed by atoms with Crippen LogP contribution < -0.4 is 0 Å². The highest BCUT2D eigenvalue weighted by atomic mass is 16.3. The zero-order valence-electron chi connectivity index (χ0n) is 9.12. The SMILES string of the molecule is C=C(C)[C@H](C)[C@](C)(O)c1ccccc1. The molecule has 0 saturated heterocycles. The van der Waals surface area contributed by atoms with E-state index in [1.54, 1.807) is 0 Å². The molecule has 0 aliphatic heterocycles. The molecule has 2 atom stereocenters. The Balaban J connectivity index is 3.02. The Labute approximate surface area is 86.1 Å². The molecule has 0 amide bonds. The zero-order chi connectivity index (χ0) is 10.8. The van der Waals surface area contributed by atoms with Crippen LogP contribution in [-0.4, -0.2) is 5.11 Å². The van der Waals surface area contributed by atoms with Crippen LogP contribution in [0.25, 0.3) is 0 Å². The Morgan fingerprint density at radius 3 is 2.29 bits per heavy atom. The highest BCUT2D eigenvalue weighted by Gasteiger charge is 2.30. The first-order valence-corrected chi connectivity index (χ1v) is 4.89. The molecule has 1 N–H and O–H groups in total. The molecule has 1 aromatic carbocycles. The number of hydrogen-bond donors (Lipinski definition) is 1. The van der Waals surface area contributed by atoms with E-state index in [4.69, 9.17) is 0 Å². The molecule has 0 saturated carbocycles. The Hall–Kier alpha value is -1.08. The second-order valence-corrected chi connectivity index (χ2v) is 4.08. The summed E-state index contributed by atoms with van der Waals surface area (Å²) in [5.74, 6) is 0.0601. The third kappa shape index (κ3) is 2.05. The molecule has 0 spiro atoms. The van der Waals surface area contributed by atoms with E-state index in [0.717, 1.165) is 11.1 Å². The van der Waals surface area contributed by atoms with E-state index < -0.39 is 5.60 Å². The van der Waals surface area contributed by atoms with Crippen molar-refractivity contribution in [2.24, 2.45) is 5.92 Å². The van der Waals surface area contributed by atoms with Crippen molar-refractivity contribution in [2.45, 2.75) is 26.4 Å². The maximum Gasteiger partial charge on any atom is 0.0930 e. The molecule has 1 nitrogen and oxygen atoms in total. The monoisotopic (exact) mass is 190 g/mol. The summed E-state index contributed by atoms with van der Waals surface area (Å²) >= 11 is 0. The van der Waals surface area contributed by atoms with E-state index in [1.807, 2.05) is 51.1 Å². The van der Waals surface area contributed by atoms with E-state index in [2.05, 4.69) is 6.58 Å². The van der Waals surface area contributed by atoms with E-state index in [-0.39, 0.29) is 5.92 Å². The van der Waals surface area contributed by atoms with Crippen molar-refractivity contribution < 1.29 is 5.11 Å². The molecule has 1 rings (SSSR count). The first kappa shape index (κ1) is 11.0. The Morgan fingerprint density at radius 1 is 1.36 bits per heavy atom. The van der Waals surface area contributed by atoms with Crippen LogP contribution in [0.15, 0.2) is 42.5 Å². The molecule has 14 heavy (non-hydrogen) atoms. The zero-order valence-corrected chi connectivity index (χ0v) is 9.12. The Morgan fingerprint density at radius 2 is 1.86 bits per heavy atom. The van der Waals surface area contributed by atoms with E-state index in [9.17, 15) is 5.11 Å². The first-order chi connectivity index (χ1) is 6.46. The minimum atomic E-state index is -0.826. The third-order valence-corrected chi connectivity index (χ3v) is 2.94. The molecule has 1 heteroatoms. The van der Waals surface area contributed by atoms with Crippen molar-refractivity contribution >= 4 is 0 Å². The largest absolute Gasteiger partial charge is 0.385 e. The van der Waals surface area contributed by atoms with Gasteiger partial charge in [0.25, 0.3) is 0 Å². The summed E-state index contributed by atoms with van der Waals surface area (Å²) in [7, 11) is 0. The van der Waals surface area contributed by atoms with Crippen LogP contribution in [0, 0.1) is 5.92 Å². The van der Waals surface area contributed by atoms with Crippen LogP contribution in [0.1, 0.15) is 26.3 Å². The lowest BCUT2D eigenvalue weighted by molar-refractivity contribution is 0.0162. The van der Waals surface area contributed by atoms with Crippen LogP contribution >= 0.6 is 0 Å². The fraction of sp³-hybridized carbons (Fsp3) is 0.385. The highest BCUT2D eigenvalue weighted by Crippen LogP contribution is 2.32. The van der Waals surface area contributed by atoms with Gasteiger partial charge in [0.2, 0.25) is 0 Å².